The summed E-state index contributed by atoms with van der Waals surface area (Å²) in [7, 11) is 3.24. The summed E-state index contributed by atoms with van der Waals surface area (Å²) in [4.78, 5) is 8.02. The first-order valence-corrected chi connectivity index (χ1v) is 3.92. The Bertz CT molecular complexity index is 334. The number of nitrogens with zero attached hydrogens (tertiary/aromatic N) is 2. The SMILES string of the molecule is CN=Cc1cc(C)nc(OC)c1N. The van der Waals surface area contributed by atoms with Gasteiger partial charge in [-0.15, -0.1) is 0 Å². The van der Waals surface area contributed by atoms with Crippen molar-refractivity contribution in [3.8, 4) is 5.88 Å². The second kappa shape index (κ2) is 3.89. The van der Waals surface area contributed by atoms with Gasteiger partial charge in [0.15, 0.2) is 0 Å². The lowest BCUT2D eigenvalue weighted by Gasteiger charge is -2.06. The number of hydrogen-bond acceptors (Lipinski definition) is 4. The zero-order valence-corrected chi connectivity index (χ0v) is 8.03. The molecule has 0 fully saturated rings. The summed E-state index contributed by atoms with van der Waals surface area (Å²) < 4.78 is 5.02. The fraction of sp³-hybridized carbons (Fsp3) is 0.333. The Hall–Kier alpha value is -1.58. The van der Waals surface area contributed by atoms with Crippen LogP contribution in [0.15, 0.2) is 11.1 Å². The maximum Gasteiger partial charge on any atom is 0.237 e. The van der Waals surface area contributed by atoms with Crippen LogP contribution in [0.1, 0.15) is 11.3 Å². The van der Waals surface area contributed by atoms with Crippen LogP contribution in [0.4, 0.5) is 5.69 Å². The van der Waals surface area contributed by atoms with Gasteiger partial charge in [0.25, 0.3) is 0 Å². The number of aliphatic imine (C=N–C) groups is 1. The van der Waals surface area contributed by atoms with Crippen molar-refractivity contribution < 1.29 is 4.74 Å². The Kier molecular flexibility index (Phi) is 2.84. The first kappa shape index (κ1) is 9.51. The van der Waals surface area contributed by atoms with E-state index in [-0.39, 0.29) is 0 Å². The molecule has 2 N–H and O–H groups in total. The van der Waals surface area contributed by atoms with E-state index in [0.717, 1.165) is 11.3 Å². The van der Waals surface area contributed by atoms with Gasteiger partial charge in [-0.3, -0.25) is 4.99 Å². The van der Waals surface area contributed by atoms with Gasteiger partial charge in [-0.05, 0) is 13.0 Å². The van der Waals surface area contributed by atoms with Gasteiger partial charge in [-0.25, -0.2) is 4.98 Å². The number of rotatable bonds is 2. The molecule has 0 bridgehead atoms. The van der Waals surface area contributed by atoms with Crippen LogP contribution in [0.5, 0.6) is 5.88 Å². The maximum atomic E-state index is 5.77. The highest BCUT2D eigenvalue weighted by atomic mass is 16.5. The number of aryl methyl sites for hydroxylation is 1. The summed E-state index contributed by atoms with van der Waals surface area (Å²) in [5.41, 5.74) is 8.00. The van der Waals surface area contributed by atoms with Crippen LogP contribution < -0.4 is 10.5 Å². The van der Waals surface area contributed by atoms with Gasteiger partial charge in [-0.1, -0.05) is 0 Å². The summed E-state index contributed by atoms with van der Waals surface area (Å²) in [6, 6.07) is 1.87. The molecule has 0 saturated heterocycles. The van der Waals surface area contributed by atoms with Gasteiger partial charge in [-0.2, -0.15) is 0 Å². The molecule has 0 aromatic carbocycles. The number of pyridine rings is 1. The highest BCUT2D eigenvalue weighted by molar-refractivity contribution is 5.88. The van der Waals surface area contributed by atoms with Gasteiger partial charge >= 0.3 is 0 Å². The molecule has 1 aromatic rings. The molecule has 70 valence electrons. The van der Waals surface area contributed by atoms with Crippen LogP contribution in [0.2, 0.25) is 0 Å². The van der Waals surface area contributed by atoms with Gasteiger partial charge in [0, 0.05) is 24.5 Å². The van der Waals surface area contributed by atoms with E-state index in [2.05, 4.69) is 9.98 Å². The fourth-order valence-corrected chi connectivity index (χ4v) is 1.08. The first-order valence-electron chi connectivity index (χ1n) is 3.92. The lowest BCUT2D eigenvalue weighted by molar-refractivity contribution is 0.399. The van der Waals surface area contributed by atoms with Gasteiger partial charge < -0.3 is 10.5 Å². The minimum absolute atomic E-state index is 0.454. The summed E-state index contributed by atoms with van der Waals surface area (Å²) in [5, 5.41) is 0. The van der Waals surface area contributed by atoms with Crippen LogP contribution in [-0.4, -0.2) is 25.4 Å². The first-order chi connectivity index (χ1) is 6.19. The number of nitrogen functional groups attached to an aromatic ring is 1. The van der Waals surface area contributed by atoms with E-state index in [0.29, 0.717) is 11.6 Å². The van der Waals surface area contributed by atoms with Crippen molar-refractivity contribution in [3.63, 3.8) is 0 Å². The van der Waals surface area contributed by atoms with Crippen molar-refractivity contribution in [2.75, 3.05) is 19.9 Å². The van der Waals surface area contributed by atoms with Crippen LogP contribution in [0.25, 0.3) is 0 Å². The highest BCUT2D eigenvalue weighted by Crippen LogP contribution is 2.21. The average molecular weight is 179 g/mol. The second-order valence-corrected chi connectivity index (χ2v) is 2.66. The normalized spacial score (nSPS) is 10.7. The summed E-state index contributed by atoms with van der Waals surface area (Å²) >= 11 is 0. The molecule has 0 aliphatic rings. The van der Waals surface area contributed by atoms with Gasteiger partial charge in [0.2, 0.25) is 5.88 Å². The number of anilines is 1. The van der Waals surface area contributed by atoms with Crippen LogP contribution in [0.3, 0.4) is 0 Å². The van der Waals surface area contributed by atoms with E-state index in [1.165, 1.54) is 0 Å². The van der Waals surface area contributed by atoms with Crippen molar-refractivity contribution in [3.05, 3.63) is 17.3 Å². The third-order valence-corrected chi connectivity index (χ3v) is 1.65. The maximum absolute atomic E-state index is 5.77. The van der Waals surface area contributed by atoms with E-state index in [1.54, 1.807) is 20.4 Å². The largest absolute Gasteiger partial charge is 0.480 e. The van der Waals surface area contributed by atoms with Crippen LogP contribution in [0, 0.1) is 6.92 Å². The van der Waals surface area contributed by atoms with E-state index >= 15 is 0 Å². The zero-order chi connectivity index (χ0) is 9.84. The predicted octanol–water partition coefficient (Wildman–Crippen LogP) is 1.03. The van der Waals surface area contributed by atoms with Crippen molar-refractivity contribution >= 4 is 11.9 Å². The minimum atomic E-state index is 0.454. The standard InChI is InChI=1S/C9H13N3O/c1-6-4-7(5-11-2)8(10)9(12-6)13-3/h4-5H,10H2,1-3H3. The molecule has 0 saturated carbocycles. The quantitative estimate of drug-likeness (QED) is 0.690. The molecule has 1 rings (SSSR count). The van der Waals surface area contributed by atoms with Gasteiger partial charge in [0.1, 0.15) is 5.69 Å². The molecular formula is C9H13N3O. The Morgan fingerprint density at radius 3 is 2.85 bits per heavy atom. The van der Waals surface area contributed by atoms with Gasteiger partial charge in [0.05, 0.1) is 7.11 Å². The summed E-state index contributed by atoms with van der Waals surface area (Å²) in [6.45, 7) is 1.88. The molecule has 0 unspecified atom stereocenters. The van der Waals surface area contributed by atoms with Crippen LogP contribution >= 0.6 is 0 Å². The van der Waals surface area contributed by atoms with E-state index < -0.39 is 0 Å². The van der Waals surface area contributed by atoms with E-state index in [1.807, 2.05) is 13.0 Å². The molecule has 0 radical (unpaired) electrons. The van der Waals surface area contributed by atoms with Crippen molar-refractivity contribution in [1.82, 2.24) is 4.98 Å². The third kappa shape index (κ3) is 1.96. The molecule has 4 nitrogen and oxygen atoms in total. The molecule has 4 heteroatoms. The Labute approximate surface area is 77.5 Å². The third-order valence-electron chi connectivity index (χ3n) is 1.65. The molecule has 1 heterocycles. The smallest absolute Gasteiger partial charge is 0.237 e. The van der Waals surface area contributed by atoms with E-state index in [4.69, 9.17) is 10.5 Å². The summed E-state index contributed by atoms with van der Waals surface area (Å²) in [6.07, 6.45) is 1.69. The number of nitrogens with two attached hydrogens (primary N) is 1. The summed E-state index contributed by atoms with van der Waals surface area (Å²) in [5.74, 6) is 0.454. The fourth-order valence-electron chi connectivity index (χ4n) is 1.08. The minimum Gasteiger partial charge on any atom is -0.480 e. The lowest BCUT2D eigenvalue weighted by Crippen LogP contribution is -2.01. The molecule has 0 aliphatic carbocycles. The zero-order valence-electron chi connectivity index (χ0n) is 8.03. The molecule has 1 aromatic heterocycles. The lowest BCUT2D eigenvalue weighted by atomic mass is 10.2. The van der Waals surface area contributed by atoms with Crippen molar-refractivity contribution in [1.29, 1.82) is 0 Å². The number of methoxy groups -OCH3 is 1. The number of ether oxygens (including phenoxy) is 1. The number of aromatic nitrogens is 1. The topological polar surface area (TPSA) is 60.5 Å². The average Bonchev–Trinajstić information content (AvgIpc) is 2.11. The van der Waals surface area contributed by atoms with E-state index in [9.17, 15) is 0 Å². The van der Waals surface area contributed by atoms with Crippen molar-refractivity contribution in [2.45, 2.75) is 6.92 Å². The molecule has 0 amide bonds. The number of hydrogen-bond donors (Lipinski definition) is 1. The predicted molar refractivity (Wildman–Crippen MR) is 53.5 cm³/mol. The second-order valence-electron chi connectivity index (χ2n) is 2.66. The molecule has 13 heavy (non-hydrogen) atoms. The Balaban J connectivity index is 3.26. The monoisotopic (exact) mass is 179 g/mol. The molecule has 0 aliphatic heterocycles. The molecular weight excluding hydrogens is 166 g/mol. The van der Waals surface area contributed by atoms with Crippen molar-refractivity contribution in [2.24, 2.45) is 4.99 Å². The Morgan fingerprint density at radius 1 is 1.62 bits per heavy atom. The molecule has 0 spiro atoms. The molecule has 0 atom stereocenters. The Morgan fingerprint density at radius 2 is 2.31 bits per heavy atom. The van der Waals surface area contributed by atoms with Crippen LogP contribution in [-0.2, 0) is 0 Å². The highest BCUT2D eigenvalue weighted by Gasteiger charge is 2.06.